The summed E-state index contributed by atoms with van der Waals surface area (Å²) in [5, 5.41) is 5.21. The summed E-state index contributed by atoms with van der Waals surface area (Å²) in [5.41, 5.74) is 2.53. The number of imidazole rings is 1. The number of nitrogens with zero attached hydrogens (tertiary/aromatic N) is 4. The van der Waals surface area contributed by atoms with E-state index in [2.05, 4.69) is 30.2 Å². The van der Waals surface area contributed by atoms with Crippen LogP contribution in [-0.2, 0) is 6.54 Å². The Morgan fingerprint density at radius 3 is 3.19 bits per heavy atom. The van der Waals surface area contributed by atoms with Gasteiger partial charge in [-0.2, -0.15) is 0 Å². The lowest BCUT2D eigenvalue weighted by atomic mass is 9.94. The molecule has 0 saturated carbocycles. The minimum atomic E-state index is -0.216. The van der Waals surface area contributed by atoms with Crippen molar-refractivity contribution < 1.29 is 4.79 Å². The molecule has 0 spiro atoms. The molecule has 8 heteroatoms. The molecule has 3 aromatic heterocycles. The maximum atomic E-state index is 12.4. The predicted molar refractivity (Wildman–Crippen MR) is 100 cm³/mol. The summed E-state index contributed by atoms with van der Waals surface area (Å²) in [4.78, 5) is 30.8. The SMILES string of the molecule is O=C(Nc1nccs1)c1cccc([C@@H]2CCCN(Cc3cnc[nH]3)C2)n1. The number of piperidine rings is 1. The van der Waals surface area contributed by atoms with Gasteiger partial charge in [-0.15, -0.1) is 11.3 Å². The Kier molecular flexibility index (Phi) is 5.03. The molecular formula is C18H20N6OS. The molecule has 134 valence electrons. The van der Waals surface area contributed by atoms with Crippen LogP contribution in [0.2, 0.25) is 0 Å². The third-order valence-corrected chi connectivity index (χ3v) is 5.22. The predicted octanol–water partition coefficient (Wildman–Crippen LogP) is 2.89. The monoisotopic (exact) mass is 368 g/mol. The first-order valence-corrected chi connectivity index (χ1v) is 9.53. The van der Waals surface area contributed by atoms with Crippen LogP contribution < -0.4 is 5.32 Å². The Bertz CT molecular complexity index is 848. The number of likely N-dealkylation sites (tertiary alicyclic amines) is 1. The van der Waals surface area contributed by atoms with Gasteiger partial charge in [0, 0.05) is 48.2 Å². The molecule has 3 aromatic rings. The van der Waals surface area contributed by atoms with Gasteiger partial charge in [-0.05, 0) is 31.5 Å². The minimum Gasteiger partial charge on any atom is -0.347 e. The highest BCUT2D eigenvalue weighted by molar-refractivity contribution is 7.13. The van der Waals surface area contributed by atoms with Gasteiger partial charge in [0.15, 0.2) is 5.13 Å². The van der Waals surface area contributed by atoms with Crippen molar-refractivity contribution in [3.05, 3.63) is 59.4 Å². The lowest BCUT2D eigenvalue weighted by Gasteiger charge is -2.32. The number of aromatic amines is 1. The van der Waals surface area contributed by atoms with E-state index in [1.165, 1.54) is 11.3 Å². The molecule has 1 aliphatic heterocycles. The number of rotatable bonds is 5. The molecule has 0 aliphatic carbocycles. The molecule has 4 rings (SSSR count). The van der Waals surface area contributed by atoms with Crippen LogP contribution in [0.25, 0.3) is 0 Å². The summed E-state index contributed by atoms with van der Waals surface area (Å²) in [6.45, 7) is 2.87. The first-order chi connectivity index (χ1) is 12.8. The number of anilines is 1. The molecule has 0 aromatic carbocycles. The van der Waals surface area contributed by atoms with Gasteiger partial charge in [-0.1, -0.05) is 6.07 Å². The number of aromatic nitrogens is 4. The van der Waals surface area contributed by atoms with Gasteiger partial charge in [0.1, 0.15) is 5.69 Å². The van der Waals surface area contributed by atoms with Gasteiger partial charge in [-0.3, -0.25) is 15.0 Å². The van der Waals surface area contributed by atoms with E-state index in [0.717, 1.165) is 43.9 Å². The third-order valence-electron chi connectivity index (χ3n) is 4.53. The molecule has 2 N–H and O–H groups in total. The zero-order valence-corrected chi connectivity index (χ0v) is 15.1. The van der Waals surface area contributed by atoms with Crippen molar-refractivity contribution in [2.75, 3.05) is 18.4 Å². The summed E-state index contributed by atoms with van der Waals surface area (Å²) in [5.74, 6) is 0.117. The second-order valence-electron chi connectivity index (χ2n) is 6.39. The van der Waals surface area contributed by atoms with E-state index >= 15 is 0 Å². The minimum absolute atomic E-state index is 0.216. The van der Waals surface area contributed by atoms with Crippen molar-refractivity contribution in [1.29, 1.82) is 0 Å². The van der Waals surface area contributed by atoms with Crippen molar-refractivity contribution in [3.63, 3.8) is 0 Å². The summed E-state index contributed by atoms with van der Waals surface area (Å²) >= 11 is 1.39. The zero-order chi connectivity index (χ0) is 17.8. The van der Waals surface area contributed by atoms with Gasteiger partial charge >= 0.3 is 0 Å². The van der Waals surface area contributed by atoms with Gasteiger partial charge in [-0.25, -0.2) is 15.0 Å². The lowest BCUT2D eigenvalue weighted by molar-refractivity contribution is 0.102. The van der Waals surface area contributed by atoms with Crippen LogP contribution in [0.5, 0.6) is 0 Å². The average Bonchev–Trinajstić information content (AvgIpc) is 3.36. The smallest absolute Gasteiger partial charge is 0.276 e. The van der Waals surface area contributed by atoms with Crippen molar-refractivity contribution >= 4 is 22.4 Å². The Hall–Kier alpha value is -2.58. The molecule has 1 atom stereocenters. The Labute approximate surface area is 155 Å². The van der Waals surface area contributed by atoms with Crippen LogP contribution in [0, 0.1) is 0 Å². The van der Waals surface area contributed by atoms with Crippen molar-refractivity contribution in [2.45, 2.75) is 25.3 Å². The normalized spacial score (nSPS) is 17.9. The van der Waals surface area contributed by atoms with Crippen LogP contribution in [0.4, 0.5) is 5.13 Å². The maximum Gasteiger partial charge on any atom is 0.276 e. The first kappa shape index (κ1) is 16.9. The fourth-order valence-corrected chi connectivity index (χ4v) is 3.83. The standard InChI is InChI=1S/C18H20N6OS/c25-17(23-18-20-6-8-26-18)16-5-1-4-15(22-16)13-3-2-7-24(10-13)11-14-9-19-12-21-14/h1,4-6,8-9,12-13H,2-3,7,10-11H2,(H,19,21)(H,20,23,25)/t13-/m1/s1. The van der Waals surface area contributed by atoms with Crippen molar-refractivity contribution in [3.8, 4) is 0 Å². The van der Waals surface area contributed by atoms with Gasteiger partial charge in [0.2, 0.25) is 0 Å². The maximum absolute atomic E-state index is 12.4. The molecule has 1 fully saturated rings. The number of amides is 1. The van der Waals surface area contributed by atoms with E-state index in [-0.39, 0.29) is 5.91 Å². The van der Waals surface area contributed by atoms with Crippen LogP contribution in [0.3, 0.4) is 0 Å². The number of pyridine rings is 1. The molecule has 0 unspecified atom stereocenters. The fraction of sp³-hybridized carbons (Fsp3) is 0.333. The molecule has 0 radical (unpaired) electrons. The number of thiazole rings is 1. The van der Waals surface area contributed by atoms with Crippen molar-refractivity contribution in [2.24, 2.45) is 0 Å². The van der Waals surface area contributed by atoms with Gasteiger partial charge in [0.05, 0.1) is 6.33 Å². The van der Waals surface area contributed by atoms with Crippen LogP contribution in [-0.4, -0.2) is 43.8 Å². The summed E-state index contributed by atoms with van der Waals surface area (Å²) < 4.78 is 0. The summed E-state index contributed by atoms with van der Waals surface area (Å²) in [7, 11) is 0. The third kappa shape index (κ3) is 3.97. The van der Waals surface area contributed by atoms with E-state index in [1.54, 1.807) is 18.6 Å². The van der Waals surface area contributed by atoms with E-state index < -0.39 is 0 Å². The molecular weight excluding hydrogens is 348 g/mol. The number of hydrogen-bond acceptors (Lipinski definition) is 6. The fourth-order valence-electron chi connectivity index (χ4n) is 3.30. The highest BCUT2D eigenvalue weighted by Gasteiger charge is 2.23. The van der Waals surface area contributed by atoms with Gasteiger partial charge < -0.3 is 4.98 Å². The van der Waals surface area contributed by atoms with Gasteiger partial charge in [0.25, 0.3) is 5.91 Å². The topological polar surface area (TPSA) is 86.8 Å². The highest BCUT2D eigenvalue weighted by Crippen LogP contribution is 2.26. The number of carbonyl (C=O) groups excluding carboxylic acids is 1. The zero-order valence-electron chi connectivity index (χ0n) is 14.3. The van der Waals surface area contributed by atoms with E-state index in [1.807, 2.05) is 23.7 Å². The highest BCUT2D eigenvalue weighted by atomic mass is 32.1. The molecule has 0 bridgehead atoms. The van der Waals surface area contributed by atoms with Crippen LogP contribution in [0.1, 0.15) is 40.6 Å². The largest absolute Gasteiger partial charge is 0.347 e. The van der Waals surface area contributed by atoms with Crippen molar-refractivity contribution in [1.82, 2.24) is 24.8 Å². The molecule has 7 nitrogen and oxygen atoms in total. The van der Waals surface area contributed by atoms with E-state index in [0.29, 0.717) is 16.7 Å². The quantitative estimate of drug-likeness (QED) is 0.723. The van der Waals surface area contributed by atoms with E-state index in [9.17, 15) is 4.79 Å². The second-order valence-corrected chi connectivity index (χ2v) is 7.28. The number of H-pyrrole nitrogens is 1. The molecule has 1 aliphatic rings. The lowest BCUT2D eigenvalue weighted by Crippen LogP contribution is -2.34. The summed E-state index contributed by atoms with van der Waals surface area (Å²) in [6, 6.07) is 5.68. The van der Waals surface area contributed by atoms with Crippen LogP contribution in [0.15, 0.2) is 42.3 Å². The number of nitrogens with one attached hydrogen (secondary N) is 2. The number of hydrogen-bond donors (Lipinski definition) is 2. The molecule has 26 heavy (non-hydrogen) atoms. The Balaban J connectivity index is 1.44. The molecule has 4 heterocycles. The second kappa shape index (κ2) is 7.76. The van der Waals surface area contributed by atoms with Crippen LogP contribution >= 0.6 is 11.3 Å². The molecule has 1 amide bonds. The Morgan fingerprint density at radius 2 is 2.38 bits per heavy atom. The molecule has 1 saturated heterocycles. The average molecular weight is 368 g/mol. The van der Waals surface area contributed by atoms with E-state index in [4.69, 9.17) is 0 Å². The Morgan fingerprint density at radius 1 is 1.42 bits per heavy atom. The summed E-state index contributed by atoms with van der Waals surface area (Å²) in [6.07, 6.45) is 7.45. The number of carbonyl (C=O) groups is 1. The first-order valence-electron chi connectivity index (χ1n) is 8.65.